The Kier molecular flexibility index (Phi) is 9.37. The van der Waals surface area contributed by atoms with Crippen LogP contribution in [0.25, 0.3) is 32.3 Å². The zero-order valence-electron chi connectivity index (χ0n) is 16.9. The third kappa shape index (κ3) is 4.90. The standard InChI is InChI=1S/C16H10O10S3.3Na/c17-14-15(28(21,22)23)9-3-1-7-2-6-11(27(18,19)20)8-4-5-10(13(9)12(7)8)16(14)29(24,25)26;;;/h1-6,17H,(H,18,19,20)(H,21,22,23)(H,24,25,26);;;. The molecule has 0 bridgehead atoms. The van der Waals surface area contributed by atoms with Gasteiger partial charge in [0, 0.05) is 110 Å². The summed E-state index contributed by atoms with van der Waals surface area (Å²) in [4.78, 5) is -2.84. The smallest absolute Gasteiger partial charge is 0.298 e. The molecule has 3 radical (unpaired) electrons. The van der Waals surface area contributed by atoms with E-state index >= 15 is 0 Å². The van der Waals surface area contributed by atoms with Crippen LogP contribution < -0.4 is 0 Å². The second-order valence-electron chi connectivity index (χ2n) is 6.24. The molecule has 0 fully saturated rings. The van der Waals surface area contributed by atoms with Crippen molar-refractivity contribution in [2.75, 3.05) is 0 Å². The first kappa shape index (κ1) is 30.5. The molecule has 0 amide bonds. The Bertz CT molecular complexity index is 1630. The Labute approximate surface area is 248 Å². The average Bonchev–Trinajstić information content (AvgIpc) is 2.55. The molecule has 0 aliphatic rings. The van der Waals surface area contributed by atoms with Gasteiger partial charge >= 0.3 is 0 Å². The Balaban J connectivity index is 0.00000171. The number of aromatic hydroxyl groups is 1. The maximum atomic E-state index is 11.9. The van der Waals surface area contributed by atoms with Gasteiger partial charge in [-0.1, -0.05) is 30.3 Å². The van der Waals surface area contributed by atoms with Crippen molar-refractivity contribution in [1.29, 1.82) is 0 Å². The topological polar surface area (TPSA) is 183 Å². The van der Waals surface area contributed by atoms with Crippen LogP contribution in [0.5, 0.6) is 5.75 Å². The molecule has 0 unspecified atom stereocenters. The molecule has 0 aliphatic carbocycles. The van der Waals surface area contributed by atoms with E-state index in [1.807, 2.05) is 0 Å². The van der Waals surface area contributed by atoms with E-state index in [9.17, 15) is 44.0 Å². The summed E-state index contributed by atoms with van der Waals surface area (Å²) in [5, 5.41) is 9.87. The summed E-state index contributed by atoms with van der Waals surface area (Å²) in [7, 11) is -15.0. The van der Waals surface area contributed by atoms with Crippen LogP contribution in [0.3, 0.4) is 0 Å². The fourth-order valence-corrected chi connectivity index (χ4v) is 5.95. The van der Waals surface area contributed by atoms with E-state index in [4.69, 9.17) is 0 Å². The normalized spacial score (nSPS) is 12.3. The van der Waals surface area contributed by atoms with Gasteiger partial charge in [0.1, 0.15) is 14.7 Å². The molecule has 0 spiro atoms. The second kappa shape index (κ2) is 9.84. The van der Waals surface area contributed by atoms with Crippen molar-refractivity contribution < 1.29 is 44.0 Å². The molecule has 4 N–H and O–H groups in total. The van der Waals surface area contributed by atoms with E-state index in [-0.39, 0.29) is 116 Å². The molecule has 10 nitrogen and oxygen atoms in total. The molecule has 0 aliphatic heterocycles. The van der Waals surface area contributed by atoms with Crippen LogP contribution in [0.15, 0.2) is 51.1 Å². The summed E-state index contributed by atoms with van der Waals surface area (Å²) >= 11 is 0. The number of hydrogen-bond donors (Lipinski definition) is 4. The Morgan fingerprint density at radius 3 is 1.38 bits per heavy atom. The van der Waals surface area contributed by atoms with E-state index in [0.29, 0.717) is 5.39 Å². The molecular weight excluding hydrogens is 517 g/mol. The second-order valence-corrected chi connectivity index (χ2v) is 10.3. The summed E-state index contributed by atoms with van der Waals surface area (Å²) in [6.07, 6.45) is 0. The van der Waals surface area contributed by atoms with Gasteiger partial charge in [0.05, 0.1) is 0 Å². The summed E-state index contributed by atoms with van der Waals surface area (Å²) in [5.74, 6) is -1.38. The fourth-order valence-electron chi connectivity index (χ4n) is 3.61. The van der Waals surface area contributed by atoms with E-state index < -0.39 is 50.8 Å². The summed E-state index contributed by atoms with van der Waals surface area (Å²) in [5.41, 5.74) is 0. The van der Waals surface area contributed by atoms with Gasteiger partial charge in [-0.15, -0.1) is 0 Å². The Morgan fingerprint density at radius 1 is 0.531 bits per heavy atom. The molecule has 4 aromatic carbocycles. The summed E-state index contributed by atoms with van der Waals surface area (Å²) in [6.45, 7) is 0. The van der Waals surface area contributed by atoms with E-state index in [2.05, 4.69) is 0 Å². The van der Waals surface area contributed by atoms with Gasteiger partial charge in [-0.25, -0.2) is 0 Å². The van der Waals surface area contributed by atoms with E-state index in [1.165, 1.54) is 18.2 Å². The van der Waals surface area contributed by atoms with Crippen LogP contribution in [0.4, 0.5) is 0 Å². The first-order valence-corrected chi connectivity index (χ1v) is 11.9. The first-order chi connectivity index (χ1) is 13.2. The molecule has 16 heteroatoms. The molecule has 155 valence electrons. The zero-order chi connectivity index (χ0) is 21.5. The van der Waals surface area contributed by atoms with Gasteiger partial charge in [-0.05, 0) is 16.8 Å². The maximum Gasteiger partial charge on any atom is 0.298 e. The molecule has 4 rings (SSSR count). The van der Waals surface area contributed by atoms with Gasteiger partial charge in [0.2, 0.25) is 0 Å². The van der Waals surface area contributed by atoms with Crippen molar-refractivity contribution in [3.05, 3.63) is 36.4 Å². The van der Waals surface area contributed by atoms with Crippen LogP contribution in [-0.4, -0.2) is 133 Å². The Hall–Kier alpha value is 0.450. The van der Waals surface area contributed by atoms with Crippen LogP contribution >= 0.6 is 0 Å². The minimum atomic E-state index is -5.17. The molecule has 0 saturated carbocycles. The average molecular weight is 527 g/mol. The van der Waals surface area contributed by atoms with Crippen molar-refractivity contribution >= 4 is 151 Å². The molecule has 0 atom stereocenters. The molecule has 32 heavy (non-hydrogen) atoms. The third-order valence-corrected chi connectivity index (χ3v) is 7.36. The quantitative estimate of drug-likeness (QED) is 0.170. The Morgan fingerprint density at radius 2 is 0.938 bits per heavy atom. The van der Waals surface area contributed by atoms with Crippen molar-refractivity contribution in [1.82, 2.24) is 0 Å². The van der Waals surface area contributed by atoms with Crippen molar-refractivity contribution in [3.8, 4) is 5.75 Å². The third-order valence-electron chi connectivity index (χ3n) is 4.59. The number of phenolic OH excluding ortho intramolecular Hbond substituents is 1. The maximum absolute atomic E-state index is 11.9. The van der Waals surface area contributed by atoms with Crippen LogP contribution in [0, 0.1) is 0 Å². The molecule has 0 heterocycles. The minimum absolute atomic E-state index is 0. The van der Waals surface area contributed by atoms with Crippen LogP contribution in [0.1, 0.15) is 0 Å². The summed E-state index contributed by atoms with van der Waals surface area (Å²) in [6, 6.07) is 7.16. The SMILES string of the molecule is O=S(=O)(O)c1ccc2ccc3c(S(=O)(=O)O)c(O)c(S(=O)(=O)O)c4ccc1c2c34.[Na].[Na].[Na]. The number of hydrogen-bond acceptors (Lipinski definition) is 7. The van der Waals surface area contributed by atoms with E-state index in [0.717, 1.165) is 18.2 Å². The van der Waals surface area contributed by atoms with Crippen molar-refractivity contribution in [2.45, 2.75) is 14.7 Å². The number of phenols is 1. The number of rotatable bonds is 3. The fraction of sp³-hybridized carbons (Fsp3) is 0. The van der Waals surface area contributed by atoms with Gasteiger partial charge in [-0.3, -0.25) is 13.7 Å². The summed E-state index contributed by atoms with van der Waals surface area (Å²) < 4.78 is 99.7. The first-order valence-electron chi connectivity index (χ1n) is 7.62. The van der Waals surface area contributed by atoms with Crippen molar-refractivity contribution in [2.24, 2.45) is 0 Å². The van der Waals surface area contributed by atoms with Crippen molar-refractivity contribution in [3.63, 3.8) is 0 Å². The predicted molar refractivity (Wildman–Crippen MR) is 119 cm³/mol. The van der Waals surface area contributed by atoms with Gasteiger partial charge in [0.25, 0.3) is 30.4 Å². The monoisotopic (exact) mass is 527 g/mol. The molecule has 0 aromatic heterocycles. The predicted octanol–water partition coefficient (Wildman–Crippen LogP) is 0.887. The van der Waals surface area contributed by atoms with Crippen LogP contribution in [-0.2, 0) is 30.4 Å². The molecule has 4 aromatic rings. The van der Waals surface area contributed by atoms with Gasteiger partial charge in [-0.2, -0.15) is 25.3 Å². The zero-order valence-corrected chi connectivity index (χ0v) is 25.4. The molecule has 0 saturated heterocycles. The number of benzene rings is 4. The molecular formula is C16H10Na3O10S3. The van der Waals surface area contributed by atoms with Gasteiger partial charge < -0.3 is 5.11 Å². The van der Waals surface area contributed by atoms with E-state index in [1.54, 1.807) is 0 Å². The largest absolute Gasteiger partial charge is 0.505 e. The minimum Gasteiger partial charge on any atom is -0.505 e. The van der Waals surface area contributed by atoms with Crippen LogP contribution in [0.2, 0.25) is 0 Å². The van der Waals surface area contributed by atoms with Gasteiger partial charge in [0.15, 0.2) is 5.75 Å².